The molecule has 0 radical (unpaired) electrons. The molecule has 0 spiro atoms. The summed E-state index contributed by atoms with van der Waals surface area (Å²) in [6.07, 6.45) is 0.786. The highest BCUT2D eigenvalue weighted by atomic mass is 16.3. The molecule has 27 heavy (non-hydrogen) atoms. The summed E-state index contributed by atoms with van der Waals surface area (Å²) in [7, 11) is 4.00. The van der Waals surface area contributed by atoms with Crippen LogP contribution in [0.3, 0.4) is 0 Å². The average Bonchev–Trinajstić information content (AvgIpc) is 2.59. The van der Waals surface area contributed by atoms with Gasteiger partial charge in [0.2, 0.25) is 0 Å². The lowest BCUT2D eigenvalue weighted by atomic mass is 9.90. The zero-order valence-electron chi connectivity index (χ0n) is 16.9. The van der Waals surface area contributed by atoms with E-state index in [4.69, 9.17) is 0 Å². The van der Waals surface area contributed by atoms with Gasteiger partial charge in [0.25, 0.3) is 0 Å². The fraction of sp³-hybridized carbons (Fsp3) is 0.409. The van der Waals surface area contributed by atoms with Crippen molar-refractivity contribution in [3.8, 4) is 5.75 Å². The highest BCUT2D eigenvalue weighted by Crippen LogP contribution is 2.23. The Labute approximate surface area is 162 Å². The zero-order chi connectivity index (χ0) is 20.0. The Morgan fingerprint density at radius 2 is 1.74 bits per heavy atom. The summed E-state index contributed by atoms with van der Waals surface area (Å²) in [5.74, 6) is 0.260. The van der Waals surface area contributed by atoms with Gasteiger partial charge in [0.15, 0.2) is 0 Å². The van der Waals surface area contributed by atoms with Crippen molar-refractivity contribution < 1.29 is 9.90 Å². The topological polar surface area (TPSA) is 64.6 Å². The van der Waals surface area contributed by atoms with Gasteiger partial charge >= 0.3 is 6.03 Å². The number of amides is 2. The van der Waals surface area contributed by atoms with Crippen LogP contribution in [-0.4, -0.2) is 42.7 Å². The number of carbonyl (C=O) groups is 1. The SMILES string of the molecule is Cc1ccccc1C(C)(C)NC(=O)NC[C@H](Cc1ccc(O)cc1)N(C)C. The van der Waals surface area contributed by atoms with Crippen LogP contribution >= 0.6 is 0 Å². The Hall–Kier alpha value is -2.53. The Morgan fingerprint density at radius 1 is 1.11 bits per heavy atom. The van der Waals surface area contributed by atoms with Crippen LogP contribution in [0.4, 0.5) is 4.79 Å². The molecule has 2 amide bonds. The second-order valence-electron chi connectivity index (χ2n) is 7.76. The van der Waals surface area contributed by atoms with Crippen LogP contribution in [0.2, 0.25) is 0 Å². The van der Waals surface area contributed by atoms with Crippen molar-refractivity contribution in [2.45, 2.75) is 38.8 Å². The predicted molar refractivity (Wildman–Crippen MR) is 110 cm³/mol. The number of carbonyl (C=O) groups excluding carboxylic acids is 1. The second kappa shape index (κ2) is 8.91. The van der Waals surface area contributed by atoms with E-state index < -0.39 is 5.54 Å². The minimum Gasteiger partial charge on any atom is -0.508 e. The fourth-order valence-corrected chi connectivity index (χ4v) is 3.22. The van der Waals surface area contributed by atoms with Crippen LogP contribution in [0.25, 0.3) is 0 Å². The lowest BCUT2D eigenvalue weighted by Crippen LogP contribution is -2.50. The van der Waals surface area contributed by atoms with E-state index in [1.807, 2.05) is 58.3 Å². The number of nitrogens with zero attached hydrogens (tertiary/aromatic N) is 1. The summed E-state index contributed by atoms with van der Waals surface area (Å²) in [6.45, 7) is 6.60. The highest BCUT2D eigenvalue weighted by molar-refractivity contribution is 5.75. The van der Waals surface area contributed by atoms with E-state index >= 15 is 0 Å². The average molecular weight is 370 g/mol. The standard InChI is InChI=1S/C22H31N3O2/c1-16-8-6-7-9-20(16)22(2,3)24-21(27)23-15-18(25(4)5)14-17-10-12-19(26)13-11-17/h6-13,18,26H,14-15H2,1-5H3,(H2,23,24,27)/t18-/m0/s1. The number of nitrogens with one attached hydrogen (secondary N) is 2. The largest absolute Gasteiger partial charge is 0.508 e. The van der Waals surface area contributed by atoms with Crippen LogP contribution < -0.4 is 10.6 Å². The lowest BCUT2D eigenvalue weighted by Gasteiger charge is -2.30. The number of aryl methyl sites for hydroxylation is 1. The summed E-state index contributed by atoms with van der Waals surface area (Å²) in [5.41, 5.74) is 2.92. The first-order chi connectivity index (χ1) is 12.7. The third-order valence-corrected chi connectivity index (χ3v) is 4.88. The molecule has 146 valence electrons. The van der Waals surface area contributed by atoms with Crippen LogP contribution in [-0.2, 0) is 12.0 Å². The Morgan fingerprint density at radius 3 is 2.33 bits per heavy atom. The number of urea groups is 1. The van der Waals surface area contributed by atoms with Crippen molar-refractivity contribution in [3.05, 3.63) is 65.2 Å². The molecule has 1 atom stereocenters. The molecule has 0 saturated heterocycles. The van der Waals surface area contributed by atoms with Gasteiger partial charge < -0.3 is 20.6 Å². The van der Waals surface area contributed by atoms with Gasteiger partial charge in [-0.3, -0.25) is 0 Å². The van der Waals surface area contributed by atoms with Crippen LogP contribution in [0.15, 0.2) is 48.5 Å². The van der Waals surface area contributed by atoms with Gasteiger partial charge in [0.05, 0.1) is 5.54 Å². The molecule has 0 unspecified atom stereocenters. The molecule has 0 bridgehead atoms. The number of hydrogen-bond acceptors (Lipinski definition) is 3. The van der Waals surface area contributed by atoms with E-state index in [9.17, 15) is 9.90 Å². The normalized spacial score (nSPS) is 12.7. The highest BCUT2D eigenvalue weighted by Gasteiger charge is 2.24. The number of hydrogen-bond donors (Lipinski definition) is 3. The quantitative estimate of drug-likeness (QED) is 0.701. The number of aromatic hydroxyl groups is 1. The fourth-order valence-electron chi connectivity index (χ4n) is 3.22. The molecule has 0 aliphatic carbocycles. The van der Waals surface area contributed by atoms with Gasteiger partial charge in [-0.05, 0) is 70.1 Å². The maximum atomic E-state index is 12.5. The van der Waals surface area contributed by atoms with Crippen molar-refractivity contribution in [2.24, 2.45) is 0 Å². The van der Waals surface area contributed by atoms with E-state index in [0.717, 1.165) is 23.1 Å². The molecule has 0 aliphatic heterocycles. The van der Waals surface area contributed by atoms with Crippen LogP contribution in [0, 0.1) is 6.92 Å². The van der Waals surface area contributed by atoms with Gasteiger partial charge in [-0.15, -0.1) is 0 Å². The van der Waals surface area contributed by atoms with Crippen LogP contribution in [0.5, 0.6) is 5.75 Å². The number of phenols is 1. The molecule has 0 aliphatic rings. The third-order valence-electron chi connectivity index (χ3n) is 4.88. The molecule has 2 aromatic carbocycles. The van der Waals surface area contributed by atoms with E-state index in [1.54, 1.807) is 12.1 Å². The first-order valence-electron chi connectivity index (χ1n) is 9.25. The van der Waals surface area contributed by atoms with E-state index in [1.165, 1.54) is 0 Å². The van der Waals surface area contributed by atoms with E-state index in [0.29, 0.717) is 6.54 Å². The van der Waals surface area contributed by atoms with Crippen molar-refractivity contribution in [1.82, 2.24) is 15.5 Å². The molecular weight excluding hydrogens is 338 g/mol. The summed E-state index contributed by atoms with van der Waals surface area (Å²) < 4.78 is 0. The van der Waals surface area contributed by atoms with Gasteiger partial charge in [0.1, 0.15) is 5.75 Å². The number of phenolic OH excluding ortho intramolecular Hbond substituents is 1. The van der Waals surface area contributed by atoms with Crippen molar-refractivity contribution in [1.29, 1.82) is 0 Å². The molecule has 2 aromatic rings. The molecule has 3 N–H and O–H groups in total. The predicted octanol–water partition coefficient (Wildman–Crippen LogP) is 3.41. The van der Waals surface area contributed by atoms with E-state index in [2.05, 4.69) is 28.5 Å². The third kappa shape index (κ3) is 6.00. The van der Waals surface area contributed by atoms with Crippen molar-refractivity contribution in [2.75, 3.05) is 20.6 Å². The maximum absolute atomic E-state index is 12.5. The molecule has 0 heterocycles. The molecule has 5 heteroatoms. The minimum absolute atomic E-state index is 0.155. The molecule has 0 fully saturated rings. The molecular formula is C22H31N3O2. The molecule has 5 nitrogen and oxygen atoms in total. The summed E-state index contributed by atoms with van der Waals surface area (Å²) >= 11 is 0. The number of benzene rings is 2. The Bertz CT molecular complexity index is 754. The van der Waals surface area contributed by atoms with Gasteiger partial charge in [-0.1, -0.05) is 36.4 Å². The lowest BCUT2D eigenvalue weighted by molar-refractivity contribution is 0.222. The summed E-state index contributed by atoms with van der Waals surface area (Å²) in [5, 5.41) is 15.5. The Kier molecular flexibility index (Phi) is 6.86. The molecule has 2 rings (SSSR count). The zero-order valence-corrected chi connectivity index (χ0v) is 16.9. The minimum atomic E-state index is -0.458. The van der Waals surface area contributed by atoms with Crippen LogP contribution in [0.1, 0.15) is 30.5 Å². The monoisotopic (exact) mass is 369 g/mol. The Balaban J connectivity index is 1.95. The number of rotatable bonds is 7. The van der Waals surface area contributed by atoms with Gasteiger partial charge in [0, 0.05) is 12.6 Å². The maximum Gasteiger partial charge on any atom is 0.315 e. The first kappa shape index (κ1) is 20.8. The van der Waals surface area contributed by atoms with Crippen molar-refractivity contribution >= 4 is 6.03 Å². The number of likely N-dealkylation sites (N-methyl/N-ethyl adjacent to an activating group) is 1. The molecule has 0 saturated carbocycles. The van der Waals surface area contributed by atoms with Crippen molar-refractivity contribution in [3.63, 3.8) is 0 Å². The summed E-state index contributed by atoms with van der Waals surface area (Å²) in [4.78, 5) is 14.6. The summed E-state index contributed by atoms with van der Waals surface area (Å²) in [6, 6.07) is 15.3. The van der Waals surface area contributed by atoms with Gasteiger partial charge in [-0.25, -0.2) is 4.79 Å². The second-order valence-corrected chi connectivity index (χ2v) is 7.76. The smallest absolute Gasteiger partial charge is 0.315 e. The molecule has 0 aromatic heterocycles. The first-order valence-corrected chi connectivity index (χ1v) is 9.25. The van der Waals surface area contributed by atoms with E-state index in [-0.39, 0.29) is 17.8 Å². The van der Waals surface area contributed by atoms with Gasteiger partial charge in [-0.2, -0.15) is 0 Å².